The summed E-state index contributed by atoms with van der Waals surface area (Å²) in [6.45, 7) is 12.1. The fourth-order valence-electron chi connectivity index (χ4n) is 3.27. The van der Waals surface area contributed by atoms with Gasteiger partial charge in [-0.25, -0.2) is 0 Å². The molecule has 1 aromatic heterocycles. The van der Waals surface area contributed by atoms with Crippen molar-refractivity contribution in [2.24, 2.45) is 11.8 Å². The minimum atomic E-state index is 0.187. The minimum Gasteiger partial charge on any atom is -0.302 e. The van der Waals surface area contributed by atoms with Crippen LogP contribution in [0.2, 0.25) is 0 Å². The third-order valence-corrected chi connectivity index (χ3v) is 5.57. The molecule has 0 spiro atoms. The predicted molar refractivity (Wildman–Crippen MR) is 86.5 cm³/mol. The second-order valence-electron chi connectivity index (χ2n) is 6.61. The van der Waals surface area contributed by atoms with Crippen LogP contribution in [0.3, 0.4) is 0 Å². The number of hydrogen-bond acceptors (Lipinski definition) is 3. The highest BCUT2D eigenvalue weighted by Gasteiger charge is 2.25. The van der Waals surface area contributed by atoms with E-state index in [9.17, 15) is 4.79 Å². The zero-order valence-electron chi connectivity index (χ0n) is 13.3. The Bertz CT molecular complexity index is 477. The van der Waals surface area contributed by atoms with E-state index in [0.717, 1.165) is 24.7 Å². The highest BCUT2D eigenvalue weighted by atomic mass is 32.1. The van der Waals surface area contributed by atoms with E-state index in [1.165, 1.54) is 37.1 Å². The monoisotopic (exact) mass is 296 g/mol. The van der Waals surface area contributed by atoms with Crippen LogP contribution in [-0.2, 0) is 6.54 Å². The van der Waals surface area contributed by atoms with E-state index < -0.39 is 0 Å². The van der Waals surface area contributed by atoms with Gasteiger partial charge in [-0.3, -0.25) is 9.69 Å². The molecule has 0 saturated carbocycles. The molecule has 2 unspecified atom stereocenters. The largest absolute Gasteiger partial charge is 0.307 e. The van der Waals surface area contributed by atoms with Gasteiger partial charge in [-0.15, -0.1) is 0 Å². The number of nitrogens with zero attached hydrogens (tertiary/aromatic N) is 2. The molecule has 1 fully saturated rings. The Morgan fingerprint density at radius 1 is 1.30 bits per heavy atom. The molecule has 0 N–H and O–H groups in total. The molecule has 0 amide bonds. The number of aromatic nitrogens is 1. The molecule has 1 aliphatic heterocycles. The van der Waals surface area contributed by atoms with Crippen molar-refractivity contribution in [2.45, 2.75) is 59.5 Å². The van der Waals surface area contributed by atoms with Gasteiger partial charge in [0.05, 0.1) is 0 Å². The first-order chi connectivity index (χ1) is 9.49. The Kier molecular flexibility index (Phi) is 5.44. The molecule has 0 bridgehead atoms. The fourth-order valence-corrected chi connectivity index (χ4v) is 4.03. The molecule has 0 aromatic carbocycles. The summed E-state index contributed by atoms with van der Waals surface area (Å²) in [6, 6.07) is 0.676. The number of hydrogen-bond donors (Lipinski definition) is 0. The van der Waals surface area contributed by atoms with Gasteiger partial charge in [0.1, 0.15) is 0 Å². The molecule has 4 heteroatoms. The van der Waals surface area contributed by atoms with Gasteiger partial charge < -0.3 is 4.57 Å². The highest BCUT2D eigenvalue weighted by molar-refractivity contribution is 7.07. The lowest BCUT2D eigenvalue weighted by Gasteiger charge is -2.33. The van der Waals surface area contributed by atoms with E-state index in [4.69, 9.17) is 0 Å². The molecule has 1 aliphatic rings. The van der Waals surface area contributed by atoms with Gasteiger partial charge in [0, 0.05) is 30.2 Å². The molecule has 114 valence electrons. The summed E-state index contributed by atoms with van der Waals surface area (Å²) in [5.41, 5.74) is 1.10. The van der Waals surface area contributed by atoms with Crippen LogP contribution >= 0.6 is 11.3 Å². The molecule has 2 heterocycles. The van der Waals surface area contributed by atoms with E-state index >= 15 is 0 Å². The first-order valence-electron chi connectivity index (χ1n) is 7.88. The van der Waals surface area contributed by atoms with Crippen LogP contribution in [0.25, 0.3) is 0 Å². The number of thiazole rings is 1. The van der Waals surface area contributed by atoms with Crippen LogP contribution in [0.1, 0.15) is 45.7 Å². The zero-order chi connectivity index (χ0) is 14.7. The van der Waals surface area contributed by atoms with E-state index in [0.29, 0.717) is 12.0 Å². The molecule has 1 aromatic rings. The molecule has 3 nitrogen and oxygen atoms in total. The Morgan fingerprint density at radius 2 is 2.05 bits per heavy atom. The summed E-state index contributed by atoms with van der Waals surface area (Å²) < 4.78 is 1.93. The Balaban J connectivity index is 2.03. The molecule has 0 radical (unpaired) electrons. The van der Waals surface area contributed by atoms with Crippen LogP contribution in [-0.4, -0.2) is 28.6 Å². The molecule has 20 heavy (non-hydrogen) atoms. The highest BCUT2D eigenvalue weighted by Crippen LogP contribution is 2.25. The van der Waals surface area contributed by atoms with Crippen molar-refractivity contribution in [3.63, 3.8) is 0 Å². The molecule has 1 saturated heterocycles. The molecule has 0 aliphatic carbocycles. The Morgan fingerprint density at radius 3 is 2.65 bits per heavy atom. The third-order valence-electron chi connectivity index (χ3n) is 4.69. The SMILES string of the molecule is Cc1csc(=O)n1CCN1CCC(C)CCC1C(C)C. The first kappa shape index (κ1) is 15.8. The number of likely N-dealkylation sites (tertiary alicyclic amines) is 1. The summed E-state index contributed by atoms with van der Waals surface area (Å²) >= 11 is 1.32. The van der Waals surface area contributed by atoms with Crippen molar-refractivity contribution in [3.8, 4) is 0 Å². The van der Waals surface area contributed by atoms with Crippen LogP contribution in [0.5, 0.6) is 0 Å². The van der Waals surface area contributed by atoms with Crippen LogP contribution < -0.4 is 4.87 Å². The topological polar surface area (TPSA) is 25.2 Å². The first-order valence-corrected chi connectivity index (χ1v) is 8.76. The summed E-state index contributed by atoms with van der Waals surface area (Å²) in [4.78, 5) is 14.6. The maximum atomic E-state index is 11.8. The summed E-state index contributed by atoms with van der Waals surface area (Å²) in [6.07, 6.45) is 3.94. The second-order valence-corrected chi connectivity index (χ2v) is 7.43. The van der Waals surface area contributed by atoms with E-state index in [-0.39, 0.29) is 4.87 Å². The maximum absolute atomic E-state index is 11.8. The smallest absolute Gasteiger partial charge is 0.302 e. The minimum absolute atomic E-state index is 0.187. The lowest BCUT2D eigenvalue weighted by atomic mass is 9.95. The molecular weight excluding hydrogens is 268 g/mol. The Hall–Kier alpha value is -0.610. The maximum Gasteiger partial charge on any atom is 0.307 e. The van der Waals surface area contributed by atoms with Gasteiger partial charge in [-0.05, 0) is 44.6 Å². The van der Waals surface area contributed by atoms with Crippen molar-refractivity contribution >= 4 is 11.3 Å². The fraction of sp³-hybridized carbons (Fsp3) is 0.812. The van der Waals surface area contributed by atoms with Crippen LogP contribution in [0.15, 0.2) is 10.2 Å². The average Bonchev–Trinajstić information content (AvgIpc) is 2.60. The van der Waals surface area contributed by atoms with Gasteiger partial charge >= 0.3 is 4.87 Å². The third kappa shape index (κ3) is 3.73. The quantitative estimate of drug-likeness (QED) is 0.851. The zero-order valence-corrected chi connectivity index (χ0v) is 14.1. The number of aryl methyl sites for hydroxylation is 1. The summed E-state index contributed by atoms with van der Waals surface area (Å²) in [5.74, 6) is 1.53. The van der Waals surface area contributed by atoms with Crippen molar-refractivity contribution in [1.29, 1.82) is 0 Å². The van der Waals surface area contributed by atoms with Gasteiger partial charge in [0.25, 0.3) is 0 Å². The number of rotatable bonds is 4. The van der Waals surface area contributed by atoms with Gasteiger partial charge in [-0.1, -0.05) is 32.1 Å². The normalized spacial score (nSPS) is 25.1. The lowest BCUT2D eigenvalue weighted by molar-refractivity contribution is 0.151. The Labute approximate surface area is 126 Å². The average molecular weight is 296 g/mol. The van der Waals surface area contributed by atoms with Crippen LogP contribution in [0.4, 0.5) is 0 Å². The molecule has 2 rings (SSSR count). The van der Waals surface area contributed by atoms with Gasteiger partial charge in [0.2, 0.25) is 0 Å². The van der Waals surface area contributed by atoms with E-state index in [1.54, 1.807) is 0 Å². The molecule has 2 atom stereocenters. The van der Waals surface area contributed by atoms with Gasteiger partial charge in [-0.2, -0.15) is 0 Å². The predicted octanol–water partition coefficient (Wildman–Crippen LogP) is 3.36. The van der Waals surface area contributed by atoms with Crippen molar-refractivity contribution in [1.82, 2.24) is 9.47 Å². The van der Waals surface area contributed by atoms with Gasteiger partial charge in [0.15, 0.2) is 0 Å². The van der Waals surface area contributed by atoms with Crippen LogP contribution in [0, 0.1) is 18.8 Å². The van der Waals surface area contributed by atoms with Crippen molar-refractivity contribution < 1.29 is 0 Å². The van der Waals surface area contributed by atoms with Crippen molar-refractivity contribution in [3.05, 3.63) is 20.7 Å². The van der Waals surface area contributed by atoms with E-state index in [1.807, 2.05) is 16.9 Å². The summed E-state index contributed by atoms with van der Waals surface area (Å²) in [5, 5.41) is 1.97. The lowest BCUT2D eigenvalue weighted by Crippen LogP contribution is -2.41. The standard InChI is InChI=1S/C16H28N2OS/c1-12(2)15-6-5-13(3)7-8-17(15)9-10-18-14(4)11-20-16(18)19/h11-13,15H,5-10H2,1-4H3. The van der Waals surface area contributed by atoms with E-state index in [2.05, 4.69) is 25.7 Å². The second kappa shape index (κ2) is 6.90. The van der Waals surface area contributed by atoms with Crippen molar-refractivity contribution in [2.75, 3.05) is 13.1 Å². The summed E-state index contributed by atoms with van der Waals surface area (Å²) in [7, 11) is 0. The molecular formula is C16H28N2OS.